The highest BCUT2D eigenvalue weighted by Crippen LogP contribution is 2.13. The van der Waals surface area contributed by atoms with Gasteiger partial charge in [0, 0.05) is 0 Å². The number of hydrogen-bond donors (Lipinski definition) is 3. The monoisotopic (exact) mass is 254 g/mol. The van der Waals surface area contributed by atoms with Gasteiger partial charge in [0.1, 0.15) is 11.8 Å². The molecule has 0 radical (unpaired) electrons. The third-order valence-electron chi connectivity index (χ3n) is 2.57. The van der Waals surface area contributed by atoms with Crippen LogP contribution in [-0.2, 0) is 4.79 Å². The molecule has 2 atom stereocenters. The molecule has 0 aromatic carbocycles. The molecule has 1 heterocycles. The van der Waals surface area contributed by atoms with E-state index < -0.39 is 5.92 Å². The normalized spacial score (nSPS) is 15.2. The van der Waals surface area contributed by atoms with E-state index in [-0.39, 0.29) is 17.8 Å². The number of amidine groups is 1. The quantitative estimate of drug-likeness (QED) is 0.313. The lowest BCUT2D eigenvalue weighted by Gasteiger charge is -2.16. The van der Waals surface area contributed by atoms with Gasteiger partial charge in [0.15, 0.2) is 5.84 Å². The van der Waals surface area contributed by atoms with Crippen LogP contribution in [0.2, 0.25) is 0 Å². The summed E-state index contributed by atoms with van der Waals surface area (Å²) in [4.78, 5) is 15.9. The Labute approximate surface area is 105 Å². The molecule has 0 aliphatic rings. The van der Waals surface area contributed by atoms with Crippen LogP contribution in [-0.4, -0.2) is 21.9 Å². The predicted molar refractivity (Wildman–Crippen MR) is 65.0 cm³/mol. The van der Waals surface area contributed by atoms with E-state index in [9.17, 15) is 4.79 Å². The third-order valence-corrected chi connectivity index (χ3v) is 2.57. The highest BCUT2D eigenvalue weighted by atomic mass is 16.4. The van der Waals surface area contributed by atoms with Crippen molar-refractivity contribution in [1.82, 2.24) is 10.3 Å². The molecule has 0 aliphatic carbocycles. The Bertz CT molecular complexity index is 441. The minimum atomic E-state index is -0.659. The fourth-order valence-corrected chi connectivity index (χ4v) is 1.55. The largest absolute Gasteiger partial charge is 0.444 e. The molecule has 100 valence electrons. The summed E-state index contributed by atoms with van der Waals surface area (Å²) in [6.07, 6.45) is 2.03. The minimum absolute atomic E-state index is 0.106. The molecule has 4 N–H and O–H groups in total. The smallest absolute Gasteiger partial charge is 0.231 e. The van der Waals surface area contributed by atoms with Crippen LogP contribution in [0.25, 0.3) is 0 Å². The molecule has 7 heteroatoms. The summed E-state index contributed by atoms with van der Waals surface area (Å²) in [7, 11) is 0. The summed E-state index contributed by atoms with van der Waals surface area (Å²) in [5.41, 5.74) is 5.45. The number of oxazole rings is 1. The van der Waals surface area contributed by atoms with Gasteiger partial charge in [0.05, 0.1) is 12.1 Å². The van der Waals surface area contributed by atoms with Crippen molar-refractivity contribution < 1.29 is 14.4 Å². The average Bonchev–Trinajstić information content (AvgIpc) is 2.76. The molecular formula is C11H18N4O3. The van der Waals surface area contributed by atoms with Gasteiger partial charge in [-0.25, -0.2) is 4.98 Å². The number of nitrogens with one attached hydrogen (secondary N) is 1. The molecule has 18 heavy (non-hydrogen) atoms. The Balaban J connectivity index is 2.69. The lowest BCUT2D eigenvalue weighted by atomic mass is 10.0. The van der Waals surface area contributed by atoms with Gasteiger partial charge in [0.2, 0.25) is 11.8 Å². The van der Waals surface area contributed by atoms with Crippen molar-refractivity contribution in [1.29, 1.82) is 0 Å². The number of aryl methyl sites for hydroxylation is 1. The van der Waals surface area contributed by atoms with Gasteiger partial charge < -0.3 is 20.7 Å². The van der Waals surface area contributed by atoms with Crippen LogP contribution in [0.5, 0.6) is 0 Å². The zero-order valence-electron chi connectivity index (χ0n) is 10.7. The number of carbonyl (C=O) groups excluding carboxylic acids is 1. The van der Waals surface area contributed by atoms with E-state index in [0.717, 1.165) is 0 Å². The van der Waals surface area contributed by atoms with E-state index >= 15 is 0 Å². The van der Waals surface area contributed by atoms with Crippen LogP contribution in [0.15, 0.2) is 15.8 Å². The van der Waals surface area contributed by atoms with Gasteiger partial charge in [-0.1, -0.05) is 12.1 Å². The van der Waals surface area contributed by atoms with Crippen molar-refractivity contribution in [3.05, 3.63) is 17.8 Å². The Hall–Kier alpha value is -2.05. The van der Waals surface area contributed by atoms with Crippen molar-refractivity contribution in [2.75, 3.05) is 0 Å². The molecule has 1 amide bonds. The topological polar surface area (TPSA) is 114 Å². The van der Waals surface area contributed by atoms with Gasteiger partial charge in [-0.2, -0.15) is 0 Å². The summed E-state index contributed by atoms with van der Waals surface area (Å²) < 4.78 is 5.31. The first-order valence-electron chi connectivity index (χ1n) is 5.69. The molecule has 0 fully saturated rings. The first-order valence-corrected chi connectivity index (χ1v) is 5.69. The number of carbonyl (C=O) groups is 1. The first-order chi connectivity index (χ1) is 8.49. The highest BCUT2D eigenvalue weighted by molar-refractivity contribution is 6.02. The summed E-state index contributed by atoms with van der Waals surface area (Å²) in [5.74, 6) is 0.0141. The molecule has 7 nitrogen and oxygen atoms in total. The van der Waals surface area contributed by atoms with Gasteiger partial charge in [-0.15, -0.1) is 0 Å². The second-order valence-electron chi connectivity index (χ2n) is 4.03. The van der Waals surface area contributed by atoms with Crippen molar-refractivity contribution >= 4 is 11.7 Å². The molecular weight excluding hydrogens is 236 g/mol. The lowest BCUT2D eigenvalue weighted by molar-refractivity contribution is -0.124. The number of aromatic nitrogens is 1. The second kappa shape index (κ2) is 6.04. The van der Waals surface area contributed by atoms with E-state index in [4.69, 9.17) is 15.4 Å². The summed E-state index contributed by atoms with van der Waals surface area (Å²) in [5, 5.41) is 14.2. The maximum atomic E-state index is 11.9. The van der Waals surface area contributed by atoms with Gasteiger partial charge >= 0.3 is 0 Å². The fraction of sp³-hybridized carbons (Fsp3) is 0.545. The molecule has 0 saturated heterocycles. The molecule has 0 bridgehead atoms. The maximum absolute atomic E-state index is 11.9. The summed E-state index contributed by atoms with van der Waals surface area (Å²) >= 11 is 0. The average molecular weight is 254 g/mol. The lowest BCUT2D eigenvalue weighted by Crippen LogP contribution is -2.39. The van der Waals surface area contributed by atoms with E-state index in [1.165, 1.54) is 0 Å². The highest BCUT2D eigenvalue weighted by Gasteiger charge is 2.24. The number of hydrogen-bond acceptors (Lipinski definition) is 5. The summed E-state index contributed by atoms with van der Waals surface area (Å²) in [6.45, 7) is 5.31. The zero-order chi connectivity index (χ0) is 13.7. The molecule has 0 aliphatic heterocycles. The van der Waals surface area contributed by atoms with Crippen LogP contribution in [0, 0.1) is 12.8 Å². The molecule has 2 unspecified atom stereocenters. The second-order valence-corrected chi connectivity index (χ2v) is 4.03. The van der Waals surface area contributed by atoms with Crippen LogP contribution in [0.3, 0.4) is 0 Å². The van der Waals surface area contributed by atoms with Crippen LogP contribution < -0.4 is 11.1 Å². The Morgan fingerprint density at radius 3 is 2.83 bits per heavy atom. The predicted octanol–water partition coefficient (Wildman–Crippen LogP) is 0.933. The number of oxime groups is 1. The van der Waals surface area contributed by atoms with Crippen molar-refractivity contribution in [3.8, 4) is 0 Å². The Morgan fingerprint density at radius 2 is 2.39 bits per heavy atom. The SMILES string of the molecule is CCC(C(=O)NC(C)c1ncc(C)o1)/C(N)=N/O. The van der Waals surface area contributed by atoms with Crippen molar-refractivity contribution in [2.45, 2.75) is 33.2 Å². The number of amides is 1. The van der Waals surface area contributed by atoms with Gasteiger partial charge in [-0.05, 0) is 20.3 Å². The number of nitrogens with two attached hydrogens (primary N) is 1. The van der Waals surface area contributed by atoms with Crippen LogP contribution in [0.4, 0.5) is 0 Å². The van der Waals surface area contributed by atoms with E-state index in [0.29, 0.717) is 18.1 Å². The van der Waals surface area contributed by atoms with E-state index in [1.807, 2.05) is 0 Å². The Kier molecular flexibility index (Phi) is 4.70. The van der Waals surface area contributed by atoms with Crippen LogP contribution >= 0.6 is 0 Å². The standard InChI is InChI=1S/C11H18N4O3/c1-4-8(9(12)15-17)10(16)14-7(3)11-13-5-6(2)18-11/h5,7-8,17H,4H2,1-3H3,(H2,12,15)(H,14,16). The third kappa shape index (κ3) is 3.22. The Morgan fingerprint density at radius 1 is 1.72 bits per heavy atom. The fourth-order valence-electron chi connectivity index (χ4n) is 1.55. The van der Waals surface area contributed by atoms with E-state index in [2.05, 4.69) is 15.5 Å². The van der Waals surface area contributed by atoms with Crippen molar-refractivity contribution in [2.24, 2.45) is 16.8 Å². The minimum Gasteiger partial charge on any atom is -0.444 e. The molecule has 1 aromatic heterocycles. The molecule has 0 saturated carbocycles. The summed E-state index contributed by atoms with van der Waals surface area (Å²) in [6, 6.07) is -0.369. The van der Waals surface area contributed by atoms with Crippen LogP contribution in [0.1, 0.15) is 38.0 Å². The first kappa shape index (κ1) is 14.0. The number of rotatable bonds is 5. The van der Waals surface area contributed by atoms with Gasteiger partial charge in [0.25, 0.3) is 0 Å². The molecule has 1 rings (SSSR count). The van der Waals surface area contributed by atoms with Crippen molar-refractivity contribution in [3.63, 3.8) is 0 Å². The van der Waals surface area contributed by atoms with Gasteiger partial charge in [-0.3, -0.25) is 4.79 Å². The van der Waals surface area contributed by atoms with E-state index in [1.54, 1.807) is 27.0 Å². The zero-order valence-corrected chi connectivity index (χ0v) is 10.7. The number of nitrogens with zero attached hydrogens (tertiary/aromatic N) is 2. The molecule has 0 spiro atoms. The maximum Gasteiger partial charge on any atom is 0.231 e. The molecule has 1 aromatic rings.